The third kappa shape index (κ3) is 13.6. The summed E-state index contributed by atoms with van der Waals surface area (Å²) in [5, 5.41) is 46.7. The molecule has 0 radical (unpaired) electrons. The summed E-state index contributed by atoms with van der Waals surface area (Å²) in [7, 11) is 2.93. The fourth-order valence-electron chi connectivity index (χ4n) is 8.26. The van der Waals surface area contributed by atoms with Crippen LogP contribution in [0, 0.1) is 12.8 Å². The Morgan fingerprint density at radius 1 is 0.720 bits per heavy atom. The van der Waals surface area contributed by atoms with E-state index in [0.29, 0.717) is 68.7 Å². The van der Waals surface area contributed by atoms with E-state index >= 15 is 0 Å². The van der Waals surface area contributed by atoms with Gasteiger partial charge in [0.1, 0.15) is 88.2 Å². The zero-order chi connectivity index (χ0) is 58.4. The molecule has 0 saturated heterocycles. The average molecular weight is 1230 g/mol. The van der Waals surface area contributed by atoms with Gasteiger partial charge >= 0.3 is 5.97 Å². The number of anilines is 1. The highest BCUT2D eigenvalue weighted by molar-refractivity contribution is 7.15. The second-order valence-electron chi connectivity index (χ2n) is 18.7. The van der Waals surface area contributed by atoms with E-state index in [1.807, 2.05) is 13.8 Å². The molecule has 9 rings (SSSR count). The third-order valence-electron chi connectivity index (χ3n) is 12.5. The number of carboxylic acids is 1. The summed E-state index contributed by atoms with van der Waals surface area (Å²) in [6.45, 7) is 4.92. The van der Waals surface area contributed by atoms with E-state index < -0.39 is 78.2 Å². The molecule has 6 amide bonds. The number of hydrogen-bond acceptors (Lipinski definition) is 23. The lowest BCUT2D eigenvalue weighted by Crippen LogP contribution is -2.40. The number of aromatic nitrogens is 7. The Bertz CT molecular complexity index is 3680. The highest BCUT2D eigenvalue weighted by Gasteiger charge is 2.33. The monoisotopic (exact) mass is 1220 g/mol. The first kappa shape index (κ1) is 59.0. The second-order valence-corrected chi connectivity index (χ2v) is 24.5. The Morgan fingerprint density at radius 2 is 1.43 bits per heavy atom. The Kier molecular flexibility index (Phi) is 18.7. The van der Waals surface area contributed by atoms with Crippen LogP contribution in [-0.4, -0.2) is 113 Å². The standard InChI is InChI=1S/C52H52N14O10S6/c1-22(2)37-51-66-40(32(82-51)17-76-5)44(72)55-16-36(69)63-41(42(70)24-9-7-6-8-10-24)50-60-31(20-79-50)48-58-29(18-78-48)39-25(11-13-27(56-39)47-62-33(21-80-47)61-34(67)14-12-26(53)52(74)75)46-59-30(19-77-46)43(71)57-28(15-35(68)54-4)49-65-38(23(3)81-49)45(73)64-37/h6-11,13,18-22,26,28,37,41-42,70H,12,14-17,53H2,1-5H3,(H,54,68)(H,55,72)(H,57,71)(H,61,67)(H,63,69)(H,64,73)(H,74,75)/t26-,28-,37+,41-,42-/m0/s1. The van der Waals surface area contributed by atoms with E-state index in [1.54, 1.807) is 70.9 Å². The topological polar surface area (TPSA) is 358 Å². The normalized spacial score (nSPS) is 16.8. The quantitative estimate of drug-likeness (QED) is 0.0599. The van der Waals surface area contributed by atoms with Crippen LogP contribution in [0.4, 0.5) is 5.82 Å². The molecule has 0 saturated carbocycles. The van der Waals surface area contributed by atoms with Gasteiger partial charge in [-0.15, -0.1) is 68.0 Å². The molecule has 426 valence electrons. The van der Waals surface area contributed by atoms with E-state index in [0.717, 1.165) is 34.0 Å². The molecular formula is C52H52N14O10S6. The van der Waals surface area contributed by atoms with Crippen LogP contribution < -0.4 is 37.6 Å². The first-order valence-electron chi connectivity index (χ1n) is 25.1. The molecular weight excluding hydrogens is 1170 g/mol. The van der Waals surface area contributed by atoms with Crippen LogP contribution in [0.25, 0.3) is 43.4 Å². The van der Waals surface area contributed by atoms with Crippen LogP contribution >= 0.6 is 68.0 Å². The minimum absolute atomic E-state index is 0.00393. The van der Waals surface area contributed by atoms with Gasteiger partial charge in [0.25, 0.3) is 17.7 Å². The Balaban J connectivity index is 1.11. The maximum Gasteiger partial charge on any atom is 0.320 e. The number of nitrogens with one attached hydrogen (secondary N) is 6. The molecule has 7 aromatic heterocycles. The number of carbonyl (C=O) groups excluding carboxylic acids is 6. The van der Waals surface area contributed by atoms with Gasteiger partial charge in [0.05, 0.1) is 42.2 Å². The molecule has 10 N–H and O–H groups in total. The summed E-state index contributed by atoms with van der Waals surface area (Å²) in [5.41, 5.74) is 8.13. The predicted molar refractivity (Wildman–Crippen MR) is 310 cm³/mol. The number of pyridine rings is 1. The number of rotatable bonds is 13. The number of hydrogen-bond donors (Lipinski definition) is 9. The van der Waals surface area contributed by atoms with Gasteiger partial charge in [-0.1, -0.05) is 44.2 Å². The number of thiazole rings is 6. The highest BCUT2D eigenvalue weighted by atomic mass is 32.1. The number of carbonyl (C=O) groups is 7. The summed E-state index contributed by atoms with van der Waals surface area (Å²) < 4.78 is 5.44. The number of aliphatic hydroxyl groups is 1. The molecule has 0 spiro atoms. The van der Waals surface area contributed by atoms with Crippen LogP contribution in [0.15, 0.2) is 64.0 Å². The van der Waals surface area contributed by atoms with Gasteiger partial charge < -0.3 is 52.6 Å². The smallest absolute Gasteiger partial charge is 0.320 e. The molecule has 1 aliphatic heterocycles. The van der Waals surface area contributed by atoms with E-state index in [9.17, 15) is 38.7 Å². The molecule has 82 heavy (non-hydrogen) atoms. The van der Waals surface area contributed by atoms with E-state index in [2.05, 4.69) is 46.9 Å². The van der Waals surface area contributed by atoms with Crippen LogP contribution in [-0.2, 0) is 30.5 Å². The number of carboxylic acid groups (broad SMARTS) is 1. The molecule has 5 atom stereocenters. The average Bonchev–Trinajstić information content (AvgIpc) is 4.36. The molecule has 8 heterocycles. The lowest BCUT2D eigenvalue weighted by atomic mass is 10.0. The summed E-state index contributed by atoms with van der Waals surface area (Å²) >= 11 is 7.06. The number of methoxy groups -OCH3 is 1. The zero-order valence-corrected chi connectivity index (χ0v) is 49.1. The van der Waals surface area contributed by atoms with Crippen molar-refractivity contribution in [2.75, 3.05) is 26.0 Å². The number of nitrogens with zero attached hydrogens (tertiary/aromatic N) is 7. The maximum atomic E-state index is 14.3. The van der Waals surface area contributed by atoms with Crippen molar-refractivity contribution in [1.82, 2.24) is 61.5 Å². The number of benzene rings is 1. The molecule has 0 fully saturated rings. The first-order valence-corrected chi connectivity index (χ1v) is 30.2. The number of amides is 6. The number of fused-ring (bicyclic) bond motifs is 14. The fraction of sp³-hybridized carbons (Fsp3) is 0.308. The number of aliphatic carboxylic acids is 1. The van der Waals surface area contributed by atoms with Crippen LogP contribution in [0.2, 0.25) is 0 Å². The Morgan fingerprint density at radius 3 is 2.17 bits per heavy atom. The van der Waals surface area contributed by atoms with Crippen LogP contribution in [0.5, 0.6) is 0 Å². The SMILES string of the molecule is CNC(=O)C[C@@H]1NC(=O)c2csc(n2)-c2ccc(-c3nc(NC(=O)CC[C@H](N)C(=O)O)cs3)nc2-c2csc(n2)-c2csc(n2)[C@H]([C@@H](O)c2ccccc2)NC(=O)CNC(=O)c2nc(sc2COC)[C@@H](C(C)C)NC(=O)c2nc1sc2C. The molecule has 30 heteroatoms. The molecule has 8 aromatic rings. The van der Waals surface area contributed by atoms with Gasteiger partial charge in [-0.05, 0) is 37.0 Å². The Labute approximate surface area is 491 Å². The molecule has 24 nitrogen and oxygen atoms in total. The van der Waals surface area contributed by atoms with Crippen molar-refractivity contribution in [3.05, 3.63) is 111 Å². The summed E-state index contributed by atoms with van der Waals surface area (Å²) in [5.74, 6) is -4.67. The zero-order valence-electron chi connectivity index (χ0n) is 44.2. The number of aryl methyl sites for hydroxylation is 1. The lowest BCUT2D eigenvalue weighted by molar-refractivity contribution is -0.138. The van der Waals surface area contributed by atoms with Gasteiger partial charge in [0, 0.05) is 52.5 Å². The minimum atomic E-state index is -1.29. The van der Waals surface area contributed by atoms with Crippen molar-refractivity contribution >= 4 is 115 Å². The summed E-state index contributed by atoms with van der Waals surface area (Å²) in [6.07, 6.45) is -1.74. The molecule has 1 aliphatic rings. The minimum Gasteiger partial charge on any atom is -0.480 e. The van der Waals surface area contributed by atoms with Crippen molar-refractivity contribution in [3.63, 3.8) is 0 Å². The van der Waals surface area contributed by atoms with Crippen LogP contribution in [0.3, 0.4) is 0 Å². The van der Waals surface area contributed by atoms with E-state index in [1.165, 1.54) is 48.2 Å². The van der Waals surface area contributed by atoms with Gasteiger partial charge in [0.15, 0.2) is 0 Å². The van der Waals surface area contributed by atoms with E-state index in [4.69, 9.17) is 35.5 Å². The summed E-state index contributed by atoms with van der Waals surface area (Å²) in [6, 6.07) is 8.15. The van der Waals surface area contributed by atoms with Crippen molar-refractivity contribution in [1.29, 1.82) is 0 Å². The number of nitrogens with two attached hydrogens (primary N) is 1. The van der Waals surface area contributed by atoms with Crippen molar-refractivity contribution in [3.8, 4) is 43.4 Å². The maximum absolute atomic E-state index is 14.3. The lowest BCUT2D eigenvalue weighted by Gasteiger charge is -2.23. The molecule has 0 unspecified atom stereocenters. The summed E-state index contributed by atoms with van der Waals surface area (Å²) in [4.78, 5) is 128. The largest absolute Gasteiger partial charge is 0.480 e. The van der Waals surface area contributed by atoms with Crippen LogP contribution in [0.1, 0.15) is 119 Å². The van der Waals surface area contributed by atoms with Gasteiger partial charge in [-0.2, -0.15) is 0 Å². The van der Waals surface area contributed by atoms with E-state index in [-0.39, 0.29) is 59.7 Å². The van der Waals surface area contributed by atoms with Crippen molar-refractivity contribution in [2.24, 2.45) is 11.7 Å². The van der Waals surface area contributed by atoms with Gasteiger partial charge in [0.2, 0.25) is 17.7 Å². The Hall–Kier alpha value is -7.68. The number of ether oxygens (including phenoxy) is 1. The van der Waals surface area contributed by atoms with Crippen molar-refractivity contribution < 1.29 is 48.5 Å². The van der Waals surface area contributed by atoms with Gasteiger partial charge in [-0.25, -0.2) is 34.9 Å². The molecule has 1 aromatic carbocycles. The fourth-order valence-corrected chi connectivity index (χ4v) is 13.8. The predicted octanol–water partition coefficient (Wildman–Crippen LogP) is 6.44. The third-order valence-corrected chi connectivity index (χ3v) is 18.2. The number of aliphatic hydroxyl groups excluding tert-OH is 1. The second kappa shape index (κ2) is 26.1. The highest BCUT2D eigenvalue weighted by Crippen LogP contribution is 2.40. The first-order chi connectivity index (χ1) is 39.4. The van der Waals surface area contributed by atoms with Crippen molar-refractivity contribution in [2.45, 2.75) is 76.9 Å². The molecule has 10 bridgehead atoms. The van der Waals surface area contributed by atoms with Gasteiger partial charge in [-0.3, -0.25) is 33.6 Å². The molecule has 0 aliphatic carbocycles.